The Balaban J connectivity index is 1.92. The molecule has 2 N–H and O–H groups in total. The van der Waals surface area contributed by atoms with Crippen molar-refractivity contribution in [3.63, 3.8) is 0 Å². The van der Waals surface area contributed by atoms with Crippen molar-refractivity contribution in [1.29, 1.82) is 0 Å². The molecule has 0 aromatic heterocycles. The fourth-order valence-corrected chi connectivity index (χ4v) is 3.09. The van der Waals surface area contributed by atoms with Crippen molar-refractivity contribution in [2.24, 2.45) is 0 Å². The summed E-state index contributed by atoms with van der Waals surface area (Å²) in [7, 11) is 0. The van der Waals surface area contributed by atoms with Crippen LogP contribution in [-0.4, -0.2) is 22.0 Å². The predicted molar refractivity (Wildman–Crippen MR) is 84.5 cm³/mol. The van der Waals surface area contributed by atoms with Crippen LogP contribution in [0.5, 0.6) is 0 Å². The van der Waals surface area contributed by atoms with E-state index in [-0.39, 0.29) is 10.6 Å². The van der Waals surface area contributed by atoms with E-state index in [9.17, 15) is 20.0 Å². The smallest absolute Gasteiger partial charge is 0.300 e. The third-order valence-corrected chi connectivity index (χ3v) is 4.21. The molecule has 0 fully saturated rings. The molecule has 0 aliphatic heterocycles. The van der Waals surface area contributed by atoms with Crippen LogP contribution in [0.1, 0.15) is 27.5 Å². The number of halogens is 1. The average Bonchev–Trinajstić information content (AvgIpc) is 2.82. The van der Waals surface area contributed by atoms with Crippen LogP contribution < -0.4 is 5.32 Å². The zero-order valence-corrected chi connectivity index (χ0v) is 12.7. The number of hydrogen-bond acceptors (Lipinski definition) is 4. The first kappa shape index (κ1) is 15.5. The molecule has 6 nitrogen and oxygen atoms in total. The molecule has 23 heavy (non-hydrogen) atoms. The number of nitro groups is 1. The van der Waals surface area contributed by atoms with Gasteiger partial charge in [-0.05, 0) is 23.3 Å². The van der Waals surface area contributed by atoms with Gasteiger partial charge in [0.15, 0.2) is 0 Å². The van der Waals surface area contributed by atoms with Gasteiger partial charge in [-0.3, -0.25) is 14.9 Å². The topological polar surface area (TPSA) is 92.5 Å². The van der Waals surface area contributed by atoms with E-state index in [0.29, 0.717) is 6.42 Å². The summed E-state index contributed by atoms with van der Waals surface area (Å²) in [5.41, 5.74) is 1.20. The number of carbonyl (C=O) groups is 1. The molecule has 1 aliphatic carbocycles. The molecular weight excluding hydrogens is 320 g/mol. The highest BCUT2D eigenvalue weighted by atomic mass is 35.5. The molecule has 0 saturated heterocycles. The lowest BCUT2D eigenvalue weighted by Gasteiger charge is -2.18. The van der Waals surface area contributed by atoms with Crippen LogP contribution in [-0.2, 0) is 6.42 Å². The van der Waals surface area contributed by atoms with Crippen LogP contribution in [0.3, 0.4) is 0 Å². The molecule has 0 radical (unpaired) electrons. The molecule has 0 unspecified atom stereocenters. The third-order valence-electron chi connectivity index (χ3n) is 3.90. The Morgan fingerprint density at radius 2 is 2.00 bits per heavy atom. The van der Waals surface area contributed by atoms with Gasteiger partial charge in [-0.25, -0.2) is 0 Å². The minimum atomic E-state index is -0.769. The van der Waals surface area contributed by atoms with E-state index < -0.39 is 28.7 Å². The minimum absolute atomic E-state index is 0.102. The van der Waals surface area contributed by atoms with E-state index in [2.05, 4.69) is 5.32 Å². The molecule has 7 heteroatoms. The number of para-hydroxylation sites is 1. The van der Waals surface area contributed by atoms with Crippen molar-refractivity contribution < 1.29 is 14.8 Å². The van der Waals surface area contributed by atoms with E-state index in [0.717, 1.165) is 11.1 Å². The number of nitrogens with zero attached hydrogens (tertiary/aromatic N) is 1. The maximum atomic E-state index is 12.4. The van der Waals surface area contributed by atoms with E-state index in [1.165, 1.54) is 18.2 Å². The van der Waals surface area contributed by atoms with Gasteiger partial charge in [0.1, 0.15) is 10.6 Å². The minimum Gasteiger partial charge on any atom is -0.390 e. The Morgan fingerprint density at radius 1 is 1.26 bits per heavy atom. The lowest BCUT2D eigenvalue weighted by molar-refractivity contribution is -0.385. The molecule has 1 aliphatic rings. The van der Waals surface area contributed by atoms with Crippen LogP contribution in [0, 0.1) is 10.1 Å². The largest absolute Gasteiger partial charge is 0.390 e. The zero-order valence-electron chi connectivity index (χ0n) is 11.9. The number of carbonyl (C=O) groups excluding carboxylic acids is 1. The number of aliphatic hydroxyl groups excluding tert-OH is 1. The molecular formula is C16H13ClN2O4. The van der Waals surface area contributed by atoms with Crippen molar-refractivity contribution in [1.82, 2.24) is 5.32 Å². The lowest BCUT2D eigenvalue weighted by atomic mass is 10.1. The molecule has 118 valence electrons. The maximum Gasteiger partial charge on any atom is 0.300 e. The van der Waals surface area contributed by atoms with Crippen molar-refractivity contribution in [3.05, 3.63) is 74.3 Å². The number of nitro benzene ring substituents is 1. The maximum absolute atomic E-state index is 12.4. The standard InChI is InChI=1S/C16H13ClN2O4/c17-12-7-3-6-11(15(12)19(22)23)16(21)18-14-10-5-2-1-4-9(10)8-13(14)20/h1-7,13-14,20H,8H2,(H,18,21)/t13-,14+/m0/s1. The molecule has 2 aromatic rings. The molecule has 0 heterocycles. The molecule has 2 aromatic carbocycles. The molecule has 0 saturated carbocycles. The molecule has 1 amide bonds. The fraction of sp³-hybridized carbons (Fsp3) is 0.188. The Kier molecular flexibility index (Phi) is 4.02. The van der Waals surface area contributed by atoms with Crippen LogP contribution in [0.4, 0.5) is 5.69 Å². The number of fused-ring (bicyclic) bond motifs is 1. The Hall–Kier alpha value is -2.44. The average molecular weight is 333 g/mol. The Labute approximate surface area is 136 Å². The van der Waals surface area contributed by atoms with Gasteiger partial charge in [0.2, 0.25) is 0 Å². The molecule has 0 bridgehead atoms. The number of hydrogen-bond donors (Lipinski definition) is 2. The van der Waals surface area contributed by atoms with Crippen LogP contribution in [0.25, 0.3) is 0 Å². The summed E-state index contributed by atoms with van der Waals surface area (Å²) in [6.45, 7) is 0. The highest BCUT2D eigenvalue weighted by Crippen LogP contribution is 2.33. The van der Waals surface area contributed by atoms with Gasteiger partial charge in [0.05, 0.1) is 17.1 Å². The van der Waals surface area contributed by atoms with Crippen molar-refractivity contribution in [3.8, 4) is 0 Å². The van der Waals surface area contributed by atoms with Crippen molar-refractivity contribution >= 4 is 23.2 Å². The first-order valence-corrected chi connectivity index (χ1v) is 7.36. The monoisotopic (exact) mass is 332 g/mol. The van der Waals surface area contributed by atoms with Crippen LogP contribution in [0.15, 0.2) is 42.5 Å². The number of nitrogens with one attached hydrogen (secondary N) is 1. The summed E-state index contributed by atoms with van der Waals surface area (Å²) in [6, 6.07) is 11.0. The van der Waals surface area contributed by atoms with Crippen molar-refractivity contribution in [2.45, 2.75) is 18.6 Å². The highest BCUT2D eigenvalue weighted by Gasteiger charge is 2.33. The van der Waals surface area contributed by atoms with E-state index in [1.807, 2.05) is 24.3 Å². The fourth-order valence-electron chi connectivity index (χ4n) is 2.85. The third kappa shape index (κ3) is 2.78. The van der Waals surface area contributed by atoms with Gasteiger partial charge in [0.25, 0.3) is 5.91 Å². The number of benzene rings is 2. The highest BCUT2D eigenvalue weighted by molar-refractivity contribution is 6.33. The normalized spacial score (nSPS) is 19.2. The van der Waals surface area contributed by atoms with E-state index >= 15 is 0 Å². The summed E-state index contributed by atoms with van der Waals surface area (Å²) in [6.07, 6.45) is -0.340. The van der Waals surface area contributed by atoms with E-state index in [1.54, 1.807) is 0 Å². The molecule has 0 spiro atoms. The van der Waals surface area contributed by atoms with Gasteiger partial charge < -0.3 is 10.4 Å². The van der Waals surface area contributed by atoms with Gasteiger partial charge in [-0.1, -0.05) is 41.9 Å². The second kappa shape index (κ2) is 5.98. The summed E-state index contributed by atoms with van der Waals surface area (Å²) in [5, 5.41) is 23.9. The second-order valence-electron chi connectivity index (χ2n) is 5.31. The zero-order chi connectivity index (χ0) is 16.6. The SMILES string of the molecule is O=C(N[C@@H]1c2ccccc2C[C@@H]1O)c1cccc(Cl)c1[N+](=O)[O-]. The van der Waals surface area contributed by atoms with Crippen LogP contribution in [0.2, 0.25) is 5.02 Å². The summed E-state index contributed by atoms with van der Waals surface area (Å²) < 4.78 is 0. The first-order valence-electron chi connectivity index (χ1n) is 6.98. The van der Waals surface area contributed by atoms with E-state index in [4.69, 9.17) is 11.6 Å². The van der Waals surface area contributed by atoms with Crippen LogP contribution >= 0.6 is 11.6 Å². The first-order chi connectivity index (χ1) is 11.0. The molecule has 3 rings (SSSR count). The van der Waals surface area contributed by atoms with Gasteiger partial charge in [-0.2, -0.15) is 0 Å². The summed E-state index contributed by atoms with van der Waals surface area (Å²) in [5.74, 6) is -0.639. The van der Waals surface area contributed by atoms with Gasteiger partial charge >= 0.3 is 5.69 Å². The number of aliphatic hydroxyl groups is 1. The number of rotatable bonds is 3. The summed E-state index contributed by atoms with van der Waals surface area (Å²) in [4.78, 5) is 22.9. The molecule has 2 atom stereocenters. The van der Waals surface area contributed by atoms with Crippen molar-refractivity contribution in [2.75, 3.05) is 0 Å². The Bertz CT molecular complexity index is 793. The number of amides is 1. The van der Waals surface area contributed by atoms with Gasteiger partial charge in [0, 0.05) is 6.42 Å². The predicted octanol–water partition coefficient (Wildman–Crippen LogP) is 2.64. The van der Waals surface area contributed by atoms with Gasteiger partial charge in [-0.15, -0.1) is 0 Å². The summed E-state index contributed by atoms with van der Waals surface area (Å²) >= 11 is 5.82. The lowest BCUT2D eigenvalue weighted by Crippen LogP contribution is -2.34. The quantitative estimate of drug-likeness (QED) is 0.667. The second-order valence-corrected chi connectivity index (χ2v) is 5.72. The Morgan fingerprint density at radius 3 is 2.74 bits per heavy atom.